The molecule has 0 fully saturated rings. The van der Waals surface area contributed by atoms with Gasteiger partial charge in [0, 0.05) is 26.3 Å². The normalized spacial score (nSPS) is 10.8. The highest BCUT2D eigenvalue weighted by atomic mass is 35.5. The van der Waals surface area contributed by atoms with Crippen LogP contribution in [-0.4, -0.2) is 41.3 Å². The summed E-state index contributed by atoms with van der Waals surface area (Å²) in [5.41, 5.74) is 0. The van der Waals surface area contributed by atoms with Crippen molar-refractivity contribution in [2.75, 3.05) is 36.9 Å². The van der Waals surface area contributed by atoms with Crippen LogP contribution in [-0.2, 0) is 4.74 Å². The fourth-order valence-electron chi connectivity index (χ4n) is 1.36. The highest BCUT2D eigenvalue weighted by Gasteiger charge is 2.03. The largest absolute Gasteiger partial charge is 0.381 e. The molecule has 0 aliphatic carbocycles. The van der Waals surface area contributed by atoms with E-state index in [2.05, 4.69) is 39.4 Å². The van der Waals surface area contributed by atoms with E-state index in [0.717, 1.165) is 32.7 Å². The Morgan fingerprint density at radius 1 is 1.16 bits per heavy atom. The van der Waals surface area contributed by atoms with E-state index in [4.69, 9.17) is 16.3 Å². The van der Waals surface area contributed by atoms with Crippen LogP contribution in [0.2, 0.25) is 5.28 Å². The zero-order valence-electron chi connectivity index (χ0n) is 11.7. The van der Waals surface area contributed by atoms with Gasteiger partial charge in [0.15, 0.2) is 0 Å². The molecule has 0 unspecified atom stereocenters. The molecule has 0 aliphatic rings. The Hall–Kier alpha value is -1.14. The van der Waals surface area contributed by atoms with E-state index in [1.807, 2.05) is 6.92 Å². The second-order valence-electron chi connectivity index (χ2n) is 4.53. The first-order valence-corrected chi connectivity index (χ1v) is 6.96. The maximum atomic E-state index is 5.82. The molecular weight excluding hydrogens is 266 g/mol. The molecule has 0 spiro atoms. The first-order valence-electron chi connectivity index (χ1n) is 6.59. The monoisotopic (exact) mass is 287 g/mol. The van der Waals surface area contributed by atoms with Crippen LogP contribution in [0.15, 0.2) is 0 Å². The van der Waals surface area contributed by atoms with Crippen molar-refractivity contribution in [1.29, 1.82) is 0 Å². The molecule has 0 atom stereocenters. The number of nitrogens with one attached hydrogen (secondary N) is 2. The minimum absolute atomic E-state index is 0.185. The van der Waals surface area contributed by atoms with Crippen LogP contribution in [0.5, 0.6) is 0 Å². The molecule has 1 aromatic rings. The topological polar surface area (TPSA) is 72.0 Å². The quantitative estimate of drug-likeness (QED) is 0.680. The number of aromatic nitrogens is 3. The second-order valence-corrected chi connectivity index (χ2v) is 4.87. The summed E-state index contributed by atoms with van der Waals surface area (Å²) in [7, 11) is 0. The maximum Gasteiger partial charge on any atom is 0.228 e. The summed E-state index contributed by atoms with van der Waals surface area (Å²) in [6, 6.07) is 0. The Bertz CT molecular complexity index is 375. The van der Waals surface area contributed by atoms with Crippen LogP contribution in [0.4, 0.5) is 11.9 Å². The molecule has 19 heavy (non-hydrogen) atoms. The number of halogens is 1. The molecule has 0 saturated carbocycles. The first-order chi connectivity index (χ1) is 9.11. The lowest BCUT2D eigenvalue weighted by molar-refractivity contribution is 0.110. The minimum atomic E-state index is 0.185. The smallest absolute Gasteiger partial charge is 0.228 e. The van der Waals surface area contributed by atoms with Crippen molar-refractivity contribution < 1.29 is 4.74 Å². The van der Waals surface area contributed by atoms with Crippen LogP contribution in [0.1, 0.15) is 27.2 Å². The number of anilines is 2. The summed E-state index contributed by atoms with van der Waals surface area (Å²) in [4.78, 5) is 12.2. The third-order valence-corrected chi connectivity index (χ3v) is 2.31. The van der Waals surface area contributed by atoms with Gasteiger partial charge in [-0.3, -0.25) is 0 Å². The van der Waals surface area contributed by atoms with Crippen molar-refractivity contribution in [3.63, 3.8) is 0 Å². The van der Waals surface area contributed by atoms with Gasteiger partial charge in [-0.1, -0.05) is 13.8 Å². The van der Waals surface area contributed by atoms with E-state index in [1.54, 1.807) is 0 Å². The lowest BCUT2D eigenvalue weighted by Gasteiger charge is -2.08. The standard InChI is InChI=1S/C12H22ClN5O/c1-4-14-11-16-10(13)17-12(18-11)15-6-5-7-19-8-9(2)3/h9H,4-8H2,1-3H3,(H2,14,15,16,17,18). The first kappa shape index (κ1) is 15.9. The van der Waals surface area contributed by atoms with Gasteiger partial charge >= 0.3 is 0 Å². The lowest BCUT2D eigenvalue weighted by Crippen LogP contribution is -2.12. The van der Waals surface area contributed by atoms with Crippen LogP contribution < -0.4 is 10.6 Å². The number of ether oxygens (including phenoxy) is 1. The van der Waals surface area contributed by atoms with E-state index >= 15 is 0 Å². The summed E-state index contributed by atoms with van der Waals surface area (Å²) in [5.74, 6) is 1.54. The van der Waals surface area contributed by atoms with E-state index in [-0.39, 0.29) is 5.28 Å². The molecule has 0 aliphatic heterocycles. The van der Waals surface area contributed by atoms with Gasteiger partial charge in [-0.2, -0.15) is 15.0 Å². The summed E-state index contributed by atoms with van der Waals surface area (Å²) in [6.45, 7) is 9.23. The van der Waals surface area contributed by atoms with E-state index in [0.29, 0.717) is 17.8 Å². The Balaban J connectivity index is 2.28. The fraction of sp³-hybridized carbons (Fsp3) is 0.750. The zero-order chi connectivity index (χ0) is 14.1. The van der Waals surface area contributed by atoms with Gasteiger partial charge in [-0.15, -0.1) is 0 Å². The van der Waals surface area contributed by atoms with Gasteiger partial charge in [-0.25, -0.2) is 0 Å². The molecule has 0 aromatic carbocycles. The average Bonchev–Trinajstić information content (AvgIpc) is 2.33. The SMILES string of the molecule is CCNc1nc(Cl)nc(NCCCOCC(C)C)n1. The van der Waals surface area contributed by atoms with Gasteiger partial charge in [-0.05, 0) is 30.9 Å². The van der Waals surface area contributed by atoms with Gasteiger partial charge in [0.25, 0.3) is 0 Å². The molecule has 0 amide bonds. The van der Waals surface area contributed by atoms with E-state index in [1.165, 1.54) is 0 Å². The predicted octanol–water partition coefficient (Wildman–Crippen LogP) is 2.43. The van der Waals surface area contributed by atoms with Crippen LogP contribution in [0.25, 0.3) is 0 Å². The molecular formula is C12H22ClN5O. The summed E-state index contributed by atoms with van der Waals surface area (Å²) >= 11 is 5.82. The number of rotatable bonds is 9. The zero-order valence-corrected chi connectivity index (χ0v) is 12.5. The van der Waals surface area contributed by atoms with Gasteiger partial charge < -0.3 is 15.4 Å². The van der Waals surface area contributed by atoms with Crippen molar-refractivity contribution in [2.45, 2.75) is 27.2 Å². The minimum Gasteiger partial charge on any atom is -0.381 e. The van der Waals surface area contributed by atoms with E-state index in [9.17, 15) is 0 Å². The Morgan fingerprint density at radius 3 is 2.47 bits per heavy atom. The van der Waals surface area contributed by atoms with Crippen molar-refractivity contribution in [2.24, 2.45) is 5.92 Å². The van der Waals surface area contributed by atoms with Crippen molar-refractivity contribution in [1.82, 2.24) is 15.0 Å². The number of hydrogen-bond donors (Lipinski definition) is 2. The average molecular weight is 288 g/mol. The van der Waals surface area contributed by atoms with Crippen molar-refractivity contribution >= 4 is 23.5 Å². The van der Waals surface area contributed by atoms with Gasteiger partial charge in [0.05, 0.1) is 0 Å². The molecule has 0 bridgehead atoms. The molecule has 1 heterocycles. The third kappa shape index (κ3) is 7.12. The van der Waals surface area contributed by atoms with Crippen molar-refractivity contribution in [3.8, 4) is 0 Å². The molecule has 6 nitrogen and oxygen atoms in total. The predicted molar refractivity (Wildman–Crippen MR) is 77.8 cm³/mol. The Labute approximate surface area is 119 Å². The van der Waals surface area contributed by atoms with E-state index < -0.39 is 0 Å². The Morgan fingerprint density at radius 2 is 1.84 bits per heavy atom. The number of nitrogens with zero attached hydrogens (tertiary/aromatic N) is 3. The van der Waals surface area contributed by atoms with Gasteiger partial charge in [0.1, 0.15) is 0 Å². The molecule has 1 rings (SSSR count). The summed E-state index contributed by atoms with van der Waals surface area (Å²) < 4.78 is 5.49. The van der Waals surface area contributed by atoms with Crippen LogP contribution in [0, 0.1) is 5.92 Å². The molecule has 1 aromatic heterocycles. The van der Waals surface area contributed by atoms with Crippen LogP contribution in [0.3, 0.4) is 0 Å². The highest BCUT2D eigenvalue weighted by Crippen LogP contribution is 2.09. The molecule has 0 radical (unpaired) electrons. The van der Waals surface area contributed by atoms with Crippen LogP contribution >= 0.6 is 11.6 Å². The lowest BCUT2D eigenvalue weighted by atomic mass is 10.2. The Kier molecular flexibility index (Phi) is 7.43. The third-order valence-electron chi connectivity index (χ3n) is 2.14. The second kappa shape index (κ2) is 8.87. The fourth-order valence-corrected chi connectivity index (χ4v) is 1.52. The number of hydrogen-bond acceptors (Lipinski definition) is 6. The summed E-state index contributed by atoms with van der Waals surface area (Å²) in [5, 5.41) is 6.29. The van der Waals surface area contributed by atoms with Gasteiger partial charge in [0.2, 0.25) is 17.2 Å². The maximum absolute atomic E-state index is 5.82. The molecule has 7 heteroatoms. The summed E-state index contributed by atoms with van der Waals surface area (Å²) in [6.07, 6.45) is 0.895. The molecule has 108 valence electrons. The molecule has 2 N–H and O–H groups in total. The highest BCUT2D eigenvalue weighted by molar-refractivity contribution is 6.28. The van der Waals surface area contributed by atoms with Crippen molar-refractivity contribution in [3.05, 3.63) is 5.28 Å². The molecule has 0 saturated heterocycles.